The first-order chi connectivity index (χ1) is 7.66. The number of carbonyl (C=O) groups is 1. The zero-order chi connectivity index (χ0) is 11.5. The average Bonchev–Trinajstić information content (AvgIpc) is 2.64. The molecule has 0 bridgehead atoms. The highest BCUT2D eigenvalue weighted by molar-refractivity contribution is 7.10. The van der Waals surface area contributed by atoms with Crippen LogP contribution in [0.4, 0.5) is 15.5 Å². The maximum atomic E-state index is 10.6. The van der Waals surface area contributed by atoms with Crippen molar-refractivity contribution in [2.75, 3.05) is 23.7 Å². The normalized spacial score (nSPS) is 20.8. The number of carboxylic acid groups (broad SMARTS) is 1. The molecule has 1 saturated heterocycles. The highest BCUT2D eigenvalue weighted by Crippen LogP contribution is 2.29. The summed E-state index contributed by atoms with van der Waals surface area (Å²) in [4.78, 5) is 12.7. The Bertz CT molecular complexity index is 381. The van der Waals surface area contributed by atoms with Crippen LogP contribution in [0.3, 0.4) is 0 Å². The molecule has 6 nitrogen and oxygen atoms in total. The second-order valence-electron chi connectivity index (χ2n) is 3.82. The average molecular weight is 242 g/mol. The number of hydrogen-bond acceptors (Lipinski definition) is 5. The van der Waals surface area contributed by atoms with Gasteiger partial charge >= 0.3 is 6.09 Å². The third-order valence-corrected chi connectivity index (χ3v) is 3.49. The lowest BCUT2D eigenvalue weighted by molar-refractivity contribution is 0.188. The molecule has 0 aliphatic carbocycles. The number of nitrogens with one attached hydrogen (secondary N) is 1. The van der Waals surface area contributed by atoms with Gasteiger partial charge < -0.3 is 21.1 Å². The van der Waals surface area contributed by atoms with Gasteiger partial charge in [-0.25, -0.2) is 4.79 Å². The number of nitrogens with zero attached hydrogens (tertiary/aromatic N) is 2. The molecule has 1 fully saturated rings. The van der Waals surface area contributed by atoms with Gasteiger partial charge in [0, 0.05) is 19.1 Å². The number of rotatable bonds is 2. The molecule has 0 saturated carbocycles. The Morgan fingerprint density at radius 1 is 1.75 bits per heavy atom. The van der Waals surface area contributed by atoms with Gasteiger partial charge in [0.05, 0.1) is 11.9 Å². The van der Waals surface area contributed by atoms with E-state index in [1.54, 1.807) is 6.20 Å². The fourth-order valence-corrected chi connectivity index (χ4v) is 2.64. The van der Waals surface area contributed by atoms with Crippen molar-refractivity contribution in [2.45, 2.75) is 18.9 Å². The van der Waals surface area contributed by atoms with E-state index in [4.69, 9.17) is 10.8 Å². The van der Waals surface area contributed by atoms with Crippen LogP contribution in [0, 0.1) is 0 Å². The van der Waals surface area contributed by atoms with E-state index in [1.807, 2.05) is 0 Å². The third kappa shape index (κ3) is 2.35. The Morgan fingerprint density at radius 2 is 2.56 bits per heavy atom. The third-order valence-electron chi connectivity index (χ3n) is 2.61. The van der Waals surface area contributed by atoms with Gasteiger partial charge in [-0.1, -0.05) is 0 Å². The Morgan fingerprint density at radius 3 is 3.19 bits per heavy atom. The van der Waals surface area contributed by atoms with Crippen molar-refractivity contribution in [2.24, 2.45) is 0 Å². The summed E-state index contributed by atoms with van der Waals surface area (Å²) < 4.78 is 4.02. The molecule has 0 aromatic carbocycles. The quantitative estimate of drug-likeness (QED) is 0.718. The van der Waals surface area contributed by atoms with Crippen molar-refractivity contribution in [3.63, 3.8) is 0 Å². The standard InChI is InChI=1S/C9H14N4O2S/c10-7-4-11-16-8(7)13-3-1-2-6(5-13)12-9(14)15/h4,6,12H,1-3,5,10H2,(H,14,15)/t6-/m0/s1. The number of nitrogens with two attached hydrogens (primary N) is 1. The number of hydrogen-bond donors (Lipinski definition) is 3. The summed E-state index contributed by atoms with van der Waals surface area (Å²) >= 11 is 1.35. The van der Waals surface area contributed by atoms with E-state index in [0.29, 0.717) is 12.2 Å². The van der Waals surface area contributed by atoms with Crippen LogP contribution in [0.5, 0.6) is 0 Å². The van der Waals surface area contributed by atoms with Gasteiger partial charge in [-0.05, 0) is 24.4 Å². The van der Waals surface area contributed by atoms with Crippen LogP contribution in [-0.2, 0) is 0 Å². The van der Waals surface area contributed by atoms with Gasteiger partial charge in [0.15, 0.2) is 0 Å². The van der Waals surface area contributed by atoms with Gasteiger partial charge in [-0.15, -0.1) is 0 Å². The second-order valence-corrected chi connectivity index (χ2v) is 4.60. The largest absolute Gasteiger partial charge is 0.465 e. The van der Waals surface area contributed by atoms with Crippen LogP contribution in [-0.4, -0.2) is 34.7 Å². The highest BCUT2D eigenvalue weighted by Gasteiger charge is 2.23. The number of piperidine rings is 1. The topological polar surface area (TPSA) is 91.5 Å². The Balaban J connectivity index is 2.02. The zero-order valence-corrected chi connectivity index (χ0v) is 9.54. The number of nitrogen functional groups attached to an aromatic ring is 1. The van der Waals surface area contributed by atoms with E-state index < -0.39 is 6.09 Å². The Hall–Kier alpha value is -1.50. The molecule has 0 unspecified atom stereocenters. The summed E-state index contributed by atoms with van der Waals surface area (Å²) in [5, 5.41) is 12.1. The van der Waals surface area contributed by atoms with E-state index in [-0.39, 0.29) is 6.04 Å². The number of amides is 1. The van der Waals surface area contributed by atoms with Crippen LogP contribution in [0.2, 0.25) is 0 Å². The lowest BCUT2D eigenvalue weighted by atomic mass is 10.1. The van der Waals surface area contributed by atoms with Crippen molar-refractivity contribution >= 4 is 28.3 Å². The van der Waals surface area contributed by atoms with Gasteiger partial charge in [-0.2, -0.15) is 4.37 Å². The van der Waals surface area contributed by atoms with Gasteiger partial charge in [0.2, 0.25) is 0 Å². The van der Waals surface area contributed by atoms with E-state index in [9.17, 15) is 4.79 Å². The predicted molar refractivity (Wildman–Crippen MR) is 62.9 cm³/mol. The molecule has 1 aromatic heterocycles. The number of anilines is 2. The first-order valence-corrected chi connectivity index (χ1v) is 5.88. The van der Waals surface area contributed by atoms with E-state index in [0.717, 1.165) is 24.4 Å². The second kappa shape index (κ2) is 4.56. The Kier molecular flexibility index (Phi) is 3.14. The molecule has 2 heterocycles. The minimum absolute atomic E-state index is 0.0206. The van der Waals surface area contributed by atoms with Crippen molar-refractivity contribution in [3.05, 3.63) is 6.20 Å². The molecule has 7 heteroatoms. The molecule has 1 aliphatic rings. The van der Waals surface area contributed by atoms with Gasteiger partial charge in [0.25, 0.3) is 0 Å². The van der Waals surface area contributed by atoms with E-state index >= 15 is 0 Å². The van der Waals surface area contributed by atoms with Crippen molar-refractivity contribution < 1.29 is 9.90 Å². The highest BCUT2D eigenvalue weighted by atomic mass is 32.1. The SMILES string of the molecule is Nc1cnsc1N1CCC[C@H](NC(=O)O)C1. The minimum Gasteiger partial charge on any atom is -0.465 e. The minimum atomic E-state index is -0.968. The van der Waals surface area contributed by atoms with Crippen LogP contribution in [0.1, 0.15) is 12.8 Å². The van der Waals surface area contributed by atoms with Gasteiger partial charge in [-0.3, -0.25) is 0 Å². The molecule has 88 valence electrons. The summed E-state index contributed by atoms with van der Waals surface area (Å²) in [6, 6.07) is -0.0206. The summed E-state index contributed by atoms with van der Waals surface area (Å²) in [5.41, 5.74) is 6.46. The van der Waals surface area contributed by atoms with Crippen molar-refractivity contribution in [1.82, 2.24) is 9.69 Å². The molecule has 4 N–H and O–H groups in total. The maximum Gasteiger partial charge on any atom is 0.404 e. The molecule has 16 heavy (non-hydrogen) atoms. The monoisotopic (exact) mass is 242 g/mol. The summed E-state index contributed by atoms with van der Waals surface area (Å²) in [6.45, 7) is 1.57. The molecular formula is C9H14N4O2S. The fraction of sp³-hybridized carbons (Fsp3) is 0.556. The van der Waals surface area contributed by atoms with Crippen molar-refractivity contribution in [3.8, 4) is 0 Å². The fourth-order valence-electron chi connectivity index (χ4n) is 1.94. The molecule has 2 rings (SSSR count). The summed E-state index contributed by atoms with van der Waals surface area (Å²) in [5.74, 6) is 0. The number of aromatic nitrogens is 1. The van der Waals surface area contributed by atoms with Crippen LogP contribution in [0.15, 0.2) is 6.20 Å². The predicted octanol–water partition coefficient (Wildman–Crippen LogP) is 0.962. The summed E-state index contributed by atoms with van der Waals surface area (Å²) in [6.07, 6.45) is 2.50. The molecule has 1 aromatic rings. The summed E-state index contributed by atoms with van der Waals surface area (Å²) in [7, 11) is 0. The zero-order valence-electron chi connectivity index (χ0n) is 8.72. The molecular weight excluding hydrogens is 228 g/mol. The lowest BCUT2D eigenvalue weighted by Gasteiger charge is -2.33. The van der Waals surface area contributed by atoms with Crippen LogP contribution in [0.25, 0.3) is 0 Å². The molecule has 1 aliphatic heterocycles. The van der Waals surface area contributed by atoms with Gasteiger partial charge in [0.1, 0.15) is 5.00 Å². The first kappa shape index (κ1) is 11.0. The maximum absolute atomic E-state index is 10.6. The molecule has 1 amide bonds. The first-order valence-electron chi connectivity index (χ1n) is 5.11. The smallest absolute Gasteiger partial charge is 0.404 e. The lowest BCUT2D eigenvalue weighted by Crippen LogP contribution is -2.47. The van der Waals surface area contributed by atoms with E-state index in [1.165, 1.54) is 11.5 Å². The van der Waals surface area contributed by atoms with Crippen LogP contribution >= 0.6 is 11.5 Å². The van der Waals surface area contributed by atoms with Crippen molar-refractivity contribution in [1.29, 1.82) is 0 Å². The molecule has 1 atom stereocenters. The van der Waals surface area contributed by atoms with Crippen LogP contribution < -0.4 is 16.0 Å². The molecule has 0 radical (unpaired) electrons. The Labute approximate surface area is 97.2 Å². The molecule has 0 spiro atoms. The van der Waals surface area contributed by atoms with E-state index in [2.05, 4.69) is 14.6 Å².